The van der Waals surface area contributed by atoms with Gasteiger partial charge in [-0.25, -0.2) is 18.1 Å². The normalized spacial score (nSPS) is 17.8. The molecule has 8 nitrogen and oxygen atoms in total. The van der Waals surface area contributed by atoms with Gasteiger partial charge in [-0.05, 0) is 0 Å². The first-order valence-electron chi connectivity index (χ1n) is 5.41. The summed E-state index contributed by atoms with van der Waals surface area (Å²) in [5.41, 5.74) is 0. The molecule has 1 aliphatic heterocycles. The number of nitrogens with zero attached hydrogens (tertiary/aromatic N) is 6. The van der Waals surface area contributed by atoms with Crippen LogP contribution in [-0.4, -0.2) is 50.4 Å². The molecule has 0 aromatic carbocycles. The minimum Gasteiger partial charge on any atom is -0.339 e. The average Bonchev–Trinajstić information content (AvgIpc) is 2.86. The van der Waals surface area contributed by atoms with Crippen molar-refractivity contribution in [2.75, 3.05) is 13.1 Å². The molecule has 1 saturated heterocycles. The highest BCUT2D eigenvalue weighted by Gasteiger charge is 2.39. The number of hydrogen-bond acceptors (Lipinski definition) is 5. The van der Waals surface area contributed by atoms with Crippen molar-refractivity contribution in [3.8, 4) is 0 Å². The lowest BCUT2D eigenvalue weighted by Gasteiger charge is -2.36. The topological polar surface area (TPSA) is 85.9 Å². The lowest BCUT2D eigenvalue weighted by atomic mass is 10.2. The van der Waals surface area contributed by atoms with Crippen molar-refractivity contribution in [2.45, 2.75) is 11.1 Å². The van der Waals surface area contributed by atoms with Crippen molar-refractivity contribution in [3.63, 3.8) is 0 Å². The zero-order valence-electron chi connectivity index (χ0n) is 9.71. The van der Waals surface area contributed by atoms with Crippen LogP contribution in [0, 0.1) is 0 Å². The molecule has 0 N–H and O–H groups in total. The quantitative estimate of drug-likeness (QED) is 0.731. The fourth-order valence-electron chi connectivity index (χ4n) is 1.85. The van der Waals surface area contributed by atoms with Crippen molar-refractivity contribution in [2.24, 2.45) is 7.05 Å². The predicted molar refractivity (Wildman–Crippen MR) is 61.0 cm³/mol. The number of rotatable bonds is 3. The van der Waals surface area contributed by atoms with Gasteiger partial charge in [-0.15, -0.1) is 5.10 Å². The maximum absolute atomic E-state index is 12.1. The molecule has 0 amide bonds. The van der Waals surface area contributed by atoms with E-state index >= 15 is 0 Å². The molecule has 0 atom stereocenters. The van der Waals surface area contributed by atoms with Crippen LogP contribution in [0.5, 0.6) is 0 Å². The van der Waals surface area contributed by atoms with Gasteiger partial charge < -0.3 is 4.57 Å². The molecule has 2 aromatic rings. The molecular formula is C9H12N6O2S. The van der Waals surface area contributed by atoms with Crippen molar-refractivity contribution >= 4 is 10.0 Å². The van der Waals surface area contributed by atoms with Crippen LogP contribution < -0.4 is 0 Å². The van der Waals surface area contributed by atoms with E-state index in [0.717, 1.165) is 0 Å². The minimum absolute atomic E-state index is 0.0611. The minimum atomic E-state index is -3.47. The Morgan fingerprint density at radius 1 is 1.39 bits per heavy atom. The third-order valence-electron chi connectivity index (χ3n) is 2.93. The van der Waals surface area contributed by atoms with E-state index in [9.17, 15) is 8.42 Å². The Labute approximate surface area is 104 Å². The molecule has 18 heavy (non-hydrogen) atoms. The summed E-state index contributed by atoms with van der Waals surface area (Å²) in [5.74, 6) is 0. The first-order chi connectivity index (χ1) is 8.57. The van der Waals surface area contributed by atoms with E-state index in [4.69, 9.17) is 0 Å². The number of imidazole rings is 1. The summed E-state index contributed by atoms with van der Waals surface area (Å²) in [4.78, 5) is 3.88. The molecule has 9 heteroatoms. The average molecular weight is 268 g/mol. The molecule has 1 aliphatic rings. The van der Waals surface area contributed by atoms with Gasteiger partial charge in [0.2, 0.25) is 0 Å². The highest BCUT2D eigenvalue weighted by atomic mass is 32.2. The van der Waals surface area contributed by atoms with Crippen LogP contribution in [0.2, 0.25) is 0 Å². The third kappa shape index (κ3) is 1.71. The van der Waals surface area contributed by atoms with Crippen molar-refractivity contribution in [3.05, 3.63) is 24.9 Å². The van der Waals surface area contributed by atoms with E-state index in [2.05, 4.69) is 15.3 Å². The molecule has 0 saturated carbocycles. The smallest absolute Gasteiger partial charge is 0.262 e. The summed E-state index contributed by atoms with van der Waals surface area (Å²) < 4.78 is 29.0. The van der Waals surface area contributed by atoms with E-state index in [-0.39, 0.29) is 11.1 Å². The third-order valence-corrected chi connectivity index (χ3v) is 4.65. The largest absolute Gasteiger partial charge is 0.339 e. The number of aromatic nitrogens is 5. The van der Waals surface area contributed by atoms with Crippen molar-refractivity contribution in [1.29, 1.82) is 0 Å². The van der Waals surface area contributed by atoms with Crippen LogP contribution in [0.25, 0.3) is 0 Å². The maximum Gasteiger partial charge on any atom is 0.262 e. The van der Waals surface area contributed by atoms with Gasteiger partial charge in [0, 0.05) is 32.5 Å². The van der Waals surface area contributed by atoms with Crippen molar-refractivity contribution in [1.82, 2.24) is 28.9 Å². The highest BCUT2D eigenvalue weighted by molar-refractivity contribution is 7.89. The van der Waals surface area contributed by atoms with Gasteiger partial charge in [0.05, 0.1) is 18.6 Å². The molecule has 3 rings (SSSR count). The number of hydrogen-bond donors (Lipinski definition) is 0. The maximum atomic E-state index is 12.1. The Morgan fingerprint density at radius 2 is 2.17 bits per heavy atom. The molecule has 2 aromatic heterocycles. The van der Waals surface area contributed by atoms with Crippen LogP contribution in [0.3, 0.4) is 0 Å². The number of sulfonamides is 1. The van der Waals surface area contributed by atoms with Gasteiger partial charge in [0.25, 0.3) is 10.0 Å². The van der Waals surface area contributed by atoms with Crippen LogP contribution in [-0.2, 0) is 17.1 Å². The number of aryl methyl sites for hydroxylation is 1. The molecule has 1 fully saturated rings. The van der Waals surface area contributed by atoms with Crippen LogP contribution in [0.1, 0.15) is 6.04 Å². The Kier molecular flexibility index (Phi) is 2.45. The van der Waals surface area contributed by atoms with Gasteiger partial charge in [-0.2, -0.15) is 4.31 Å². The summed E-state index contributed by atoms with van der Waals surface area (Å²) in [5, 5.41) is 7.65. The molecule has 3 heterocycles. The molecule has 0 radical (unpaired) electrons. The highest BCUT2D eigenvalue weighted by Crippen LogP contribution is 2.26. The Hall–Kier alpha value is -1.74. The van der Waals surface area contributed by atoms with E-state index in [1.807, 2.05) is 0 Å². The lowest BCUT2D eigenvalue weighted by molar-refractivity contribution is 0.188. The summed E-state index contributed by atoms with van der Waals surface area (Å²) in [6, 6.07) is 0.0611. The first kappa shape index (κ1) is 11.4. The van der Waals surface area contributed by atoms with Crippen molar-refractivity contribution < 1.29 is 8.42 Å². The second kappa shape index (κ2) is 3.89. The second-order valence-corrected chi connectivity index (χ2v) is 6.12. The van der Waals surface area contributed by atoms with E-state index in [1.54, 1.807) is 28.7 Å². The summed E-state index contributed by atoms with van der Waals surface area (Å²) >= 11 is 0. The fraction of sp³-hybridized carbons (Fsp3) is 0.444. The Morgan fingerprint density at radius 3 is 2.72 bits per heavy atom. The summed E-state index contributed by atoms with van der Waals surface area (Å²) in [6.45, 7) is 0.810. The Bertz CT molecular complexity index is 640. The molecular weight excluding hydrogens is 256 g/mol. The molecule has 96 valence electrons. The Balaban J connectivity index is 1.75. The van der Waals surface area contributed by atoms with Crippen LogP contribution >= 0.6 is 0 Å². The summed E-state index contributed by atoms with van der Waals surface area (Å²) in [6.07, 6.45) is 6.28. The van der Waals surface area contributed by atoms with E-state index in [0.29, 0.717) is 13.1 Å². The SMILES string of the molecule is Cn1cnc(S(=O)(=O)N2CC(n3ccnn3)C2)c1. The monoisotopic (exact) mass is 268 g/mol. The van der Waals surface area contributed by atoms with Crippen LogP contribution in [0.4, 0.5) is 0 Å². The zero-order chi connectivity index (χ0) is 12.8. The van der Waals surface area contributed by atoms with E-state index < -0.39 is 10.0 Å². The first-order valence-corrected chi connectivity index (χ1v) is 6.85. The van der Waals surface area contributed by atoms with Crippen LogP contribution in [0.15, 0.2) is 29.9 Å². The van der Waals surface area contributed by atoms with Gasteiger partial charge in [0.1, 0.15) is 0 Å². The second-order valence-electron chi connectivity index (χ2n) is 4.24. The fourth-order valence-corrected chi connectivity index (χ4v) is 3.33. The molecule has 0 unspecified atom stereocenters. The standard InChI is InChI=1S/C9H12N6O2S/c1-13-6-9(10-7-13)18(16,17)14-4-8(5-14)15-3-2-11-12-15/h2-3,6-8H,4-5H2,1H3. The zero-order valence-corrected chi connectivity index (χ0v) is 10.5. The molecule has 0 bridgehead atoms. The van der Waals surface area contributed by atoms with E-state index in [1.165, 1.54) is 16.8 Å². The lowest BCUT2D eigenvalue weighted by Crippen LogP contribution is -2.50. The van der Waals surface area contributed by atoms with Gasteiger partial charge in [-0.1, -0.05) is 5.21 Å². The predicted octanol–water partition coefficient (Wildman–Crippen LogP) is -0.743. The van der Waals surface area contributed by atoms with Gasteiger partial charge >= 0.3 is 0 Å². The molecule has 0 aliphatic carbocycles. The summed E-state index contributed by atoms with van der Waals surface area (Å²) in [7, 11) is -1.73. The van der Waals surface area contributed by atoms with Gasteiger partial charge in [0.15, 0.2) is 5.03 Å². The van der Waals surface area contributed by atoms with Gasteiger partial charge in [-0.3, -0.25) is 0 Å². The molecule has 0 spiro atoms.